The van der Waals surface area contributed by atoms with E-state index in [0.717, 1.165) is 12.8 Å². The first kappa shape index (κ1) is 8.04. The Morgan fingerprint density at radius 1 is 1.73 bits per heavy atom. The van der Waals surface area contributed by atoms with Crippen molar-refractivity contribution in [3.05, 3.63) is 0 Å². The lowest BCUT2D eigenvalue weighted by atomic mass is 10.3. The lowest BCUT2D eigenvalue weighted by Gasteiger charge is -2.20. The fourth-order valence-corrected chi connectivity index (χ4v) is 0.994. The highest BCUT2D eigenvalue weighted by atomic mass is 16.4. The van der Waals surface area contributed by atoms with Gasteiger partial charge in [-0.1, -0.05) is 0 Å². The van der Waals surface area contributed by atoms with E-state index in [1.54, 1.807) is 0 Å². The van der Waals surface area contributed by atoms with Gasteiger partial charge in [-0.3, -0.25) is 4.79 Å². The molecule has 0 aromatic rings. The molecule has 0 spiro atoms. The summed E-state index contributed by atoms with van der Waals surface area (Å²) >= 11 is 0. The largest absolute Gasteiger partial charge is 0.480 e. The van der Waals surface area contributed by atoms with Crippen LogP contribution in [0.2, 0.25) is 0 Å². The Balaban J connectivity index is 2.52. The number of carboxylic acid groups (broad SMARTS) is 1. The van der Waals surface area contributed by atoms with Crippen LogP contribution in [0.5, 0.6) is 0 Å². The summed E-state index contributed by atoms with van der Waals surface area (Å²) < 4.78 is 0. The van der Waals surface area contributed by atoms with E-state index in [0.29, 0.717) is 6.41 Å². The Labute approximate surface area is 64.8 Å². The summed E-state index contributed by atoms with van der Waals surface area (Å²) in [5, 5.41) is 8.56. The molecular formula is C7H11NO3. The first-order valence-electron chi connectivity index (χ1n) is 3.62. The van der Waals surface area contributed by atoms with Crippen LogP contribution < -0.4 is 0 Å². The smallest absolute Gasteiger partial charge is 0.326 e. The summed E-state index contributed by atoms with van der Waals surface area (Å²) in [7, 11) is 0. The number of rotatable bonds is 4. The molecule has 0 bridgehead atoms. The highest BCUT2D eigenvalue weighted by Gasteiger charge is 2.33. The van der Waals surface area contributed by atoms with Gasteiger partial charge < -0.3 is 10.0 Å². The van der Waals surface area contributed by atoms with Crippen LogP contribution in [0.3, 0.4) is 0 Å². The van der Waals surface area contributed by atoms with Crippen LogP contribution in [0.25, 0.3) is 0 Å². The van der Waals surface area contributed by atoms with Crippen molar-refractivity contribution in [2.24, 2.45) is 0 Å². The summed E-state index contributed by atoms with van der Waals surface area (Å²) in [6, 6.07) is -0.501. The highest BCUT2D eigenvalue weighted by molar-refractivity contribution is 5.76. The van der Waals surface area contributed by atoms with Gasteiger partial charge in [0.05, 0.1) is 0 Å². The molecule has 1 aliphatic rings. The molecule has 1 rings (SSSR count). The molecular weight excluding hydrogens is 146 g/mol. The predicted octanol–water partition coefficient (Wildman–Crippen LogP) is 0.0803. The maximum atomic E-state index is 10.4. The molecule has 0 aromatic heterocycles. The van der Waals surface area contributed by atoms with Crippen molar-refractivity contribution in [2.75, 3.05) is 0 Å². The molecule has 0 saturated heterocycles. The van der Waals surface area contributed by atoms with Crippen LogP contribution in [0.1, 0.15) is 19.8 Å². The van der Waals surface area contributed by atoms with E-state index in [4.69, 9.17) is 5.11 Å². The SMILES string of the molecule is CC(C(=O)O)N(C=O)C1CC1. The minimum Gasteiger partial charge on any atom is -0.480 e. The Kier molecular flexibility index (Phi) is 2.12. The average Bonchev–Trinajstić information content (AvgIpc) is 2.72. The van der Waals surface area contributed by atoms with Gasteiger partial charge in [0.15, 0.2) is 0 Å². The molecule has 1 saturated carbocycles. The second-order valence-corrected chi connectivity index (χ2v) is 2.80. The number of carboxylic acids is 1. The van der Waals surface area contributed by atoms with E-state index in [2.05, 4.69) is 0 Å². The minimum atomic E-state index is -0.941. The summed E-state index contributed by atoms with van der Waals surface area (Å²) in [5.74, 6) is -0.941. The van der Waals surface area contributed by atoms with Crippen molar-refractivity contribution >= 4 is 12.4 Å². The van der Waals surface area contributed by atoms with Crippen LogP contribution in [-0.2, 0) is 9.59 Å². The molecule has 0 aliphatic heterocycles. The average molecular weight is 157 g/mol. The third-order valence-corrected chi connectivity index (χ3v) is 1.89. The van der Waals surface area contributed by atoms with E-state index in [9.17, 15) is 9.59 Å². The van der Waals surface area contributed by atoms with Gasteiger partial charge in [-0.05, 0) is 19.8 Å². The standard InChI is InChI=1S/C7H11NO3/c1-5(7(10)11)8(4-9)6-2-3-6/h4-6H,2-3H2,1H3,(H,10,11). The Morgan fingerprint density at radius 3 is 2.55 bits per heavy atom. The maximum Gasteiger partial charge on any atom is 0.326 e. The molecule has 62 valence electrons. The van der Waals surface area contributed by atoms with Gasteiger partial charge in [0, 0.05) is 6.04 Å². The number of nitrogens with zero attached hydrogens (tertiary/aromatic N) is 1. The zero-order valence-electron chi connectivity index (χ0n) is 6.36. The van der Waals surface area contributed by atoms with E-state index in [-0.39, 0.29) is 6.04 Å². The molecule has 0 aromatic carbocycles. The minimum absolute atomic E-state index is 0.179. The van der Waals surface area contributed by atoms with Crippen molar-refractivity contribution in [1.29, 1.82) is 0 Å². The fourth-order valence-electron chi connectivity index (χ4n) is 0.994. The molecule has 11 heavy (non-hydrogen) atoms. The van der Waals surface area contributed by atoms with E-state index < -0.39 is 12.0 Å². The normalized spacial score (nSPS) is 19.0. The zero-order valence-corrected chi connectivity index (χ0v) is 6.36. The first-order valence-corrected chi connectivity index (χ1v) is 3.62. The molecule has 1 N–H and O–H groups in total. The molecule has 4 heteroatoms. The van der Waals surface area contributed by atoms with Crippen LogP contribution >= 0.6 is 0 Å². The van der Waals surface area contributed by atoms with Gasteiger partial charge in [-0.15, -0.1) is 0 Å². The van der Waals surface area contributed by atoms with Gasteiger partial charge >= 0.3 is 5.97 Å². The number of hydrogen-bond donors (Lipinski definition) is 1. The molecule has 4 nitrogen and oxygen atoms in total. The predicted molar refractivity (Wildman–Crippen MR) is 38.0 cm³/mol. The third-order valence-electron chi connectivity index (χ3n) is 1.89. The van der Waals surface area contributed by atoms with E-state index in [1.165, 1.54) is 11.8 Å². The molecule has 1 amide bonds. The summed E-state index contributed by atoms with van der Waals surface area (Å²) in [5.41, 5.74) is 0. The second-order valence-electron chi connectivity index (χ2n) is 2.80. The molecule has 1 atom stereocenters. The van der Waals surface area contributed by atoms with Gasteiger partial charge in [-0.25, -0.2) is 4.79 Å². The molecule has 1 unspecified atom stereocenters. The molecule has 1 aliphatic carbocycles. The van der Waals surface area contributed by atoms with Crippen LogP contribution in [0.4, 0.5) is 0 Å². The van der Waals surface area contributed by atoms with E-state index >= 15 is 0 Å². The van der Waals surface area contributed by atoms with Crippen LogP contribution in [0.15, 0.2) is 0 Å². The topological polar surface area (TPSA) is 57.6 Å². The van der Waals surface area contributed by atoms with Crippen LogP contribution in [-0.4, -0.2) is 34.5 Å². The van der Waals surface area contributed by atoms with E-state index in [1.807, 2.05) is 0 Å². The molecule has 0 heterocycles. The molecule has 1 fully saturated rings. The van der Waals surface area contributed by atoms with Crippen molar-refractivity contribution in [3.63, 3.8) is 0 Å². The Bertz CT molecular complexity index is 177. The number of aliphatic carboxylic acids is 1. The second kappa shape index (κ2) is 2.90. The fraction of sp³-hybridized carbons (Fsp3) is 0.714. The lowest BCUT2D eigenvalue weighted by Crippen LogP contribution is -2.39. The summed E-state index contributed by atoms with van der Waals surface area (Å²) in [4.78, 5) is 22.2. The Hall–Kier alpha value is -1.06. The monoisotopic (exact) mass is 157 g/mol. The van der Waals surface area contributed by atoms with Crippen molar-refractivity contribution < 1.29 is 14.7 Å². The third kappa shape index (κ3) is 1.69. The van der Waals surface area contributed by atoms with Gasteiger partial charge in [0.1, 0.15) is 6.04 Å². The highest BCUT2D eigenvalue weighted by Crippen LogP contribution is 2.27. The molecule has 0 radical (unpaired) electrons. The maximum absolute atomic E-state index is 10.4. The summed E-state index contributed by atoms with van der Waals surface area (Å²) in [6.07, 6.45) is 2.50. The number of hydrogen-bond acceptors (Lipinski definition) is 2. The van der Waals surface area contributed by atoms with Gasteiger partial charge in [0.2, 0.25) is 6.41 Å². The quantitative estimate of drug-likeness (QED) is 0.588. The number of carbonyl (C=O) groups is 2. The van der Waals surface area contributed by atoms with Gasteiger partial charge in [0.25, 0.3) is 0 Å². The van der Waals surface area contributed by atoms with Crippen LogP contribution in [0, 0.1) is 0 Å². The lowest BCUT2D eigenvalue weighted by molar-refractivity contribution is -0.145. The van der Waals surface area contributed by atoms with Crippen molar-refractivity contribution in [3.8, 4) is 0 Å². The number of amides is 1. The zero-order chi connectivity index (χ0) is 8.43. The summed E-state index contributed by atoms with van der Waals surface area (Å²) in [6.45, 7) is 1.52. The van der Waals surface area contributed by atoms with Crippen molar-refractivity contribution in [1.82, 2.24) is 4.90 Å². The van der Waals surface area contributed by atoms with Crippen molar-refractivity contribution in [2.45, 2.75) is 31.8 Å². The van der Waals surface area contributed by atoms with Gasteiger partial charge in [-0.2, -0.15) is 0 Å². The number of carbonyl (C=O) groups excluding carboxylic acids is 1. The first-order chi connectivity index (χ1) is 5.16. The Morgan fingerprint density at radius 2 is 2.27 bits per heavy atom.